The fourth-order valence-corrected chi connectivity index (χ4v) is 4.44. The van der Waals surface area contributed by atoms with Gasteiger partial charge in [0, 0.05) is 13.0 Å². The third kappa shape index (κ3) is 3.25. The number of aryl methyl sites for hydroxylation is 2. The summed E-state index contributed by atoms with van der Waals surface area (Å²) in [4.78, 5) is 43.0. The number of carbonyl (C=O) groups excluding carboxylic acids is 2. The molecule has 2 aromatic heterocycles. The number of hydrogen-bond acceptors (Lipinski definition) is 6. The van der Waals surface area contributed by atoms with Gasteiger partial charge in [-0.15, -0.1) is 11.3 Å². The zero-order valence-corrected chi connectivity index (χ0v) is 16.2. The summed E-state index contributed by atoms with van der Waals surface area (Å²) < 4.78 is 6.49. The minimum atomic E-state index is -0.712. The van der Waals surface area contributed by atoms with E-state index in [1.165, 1.54) is 18.4 Å². The molecule has 3 heterocycles. The van der Waals surface area contributed by atoms with E-state index < -0.39 is 12.0 Å². The topological polar surface area (TPSA) is 90.3 Å². The average molecular weight is 377 g/mol. The number of hydrogen-bond donors (Lipinski definition) is 1. The van der Waals surface area contributed by atoms with Gasteiger partial charge in [-0.1, -0.05) is 13.8 Å². The molecule has 0 radical (unpaired) electrons. The molecule has 1 aliphatic heterocycles. The number of ether oxygens (including phenoxy) is 1. The van der Waals surface area contributed by atoms with Crippen LogP contribution in [0.1, 0.15) is 47.7 Å². The standard InChI is InChI=1S/C18H23N3O4S/c1-9(2)8-11(18(24)25-4)19-15(22)14-10(3)13-16(26-14)20-12-6-5-7-21(12)17(13)23/h9,11H,5-8H2,1-4H3,(H,19,22)/t11-/m1/s1. The molecule has 0 saturated carbocycles. The Hall–Kier alpha value is -2.22. The number of esters is 1. The second-order valence-electron chi connectivity index (χ2n) is 7.00. The third-order valence-electron chi connectivity index (χ3n) is 4.62. The van der Waals surface area contributed by atoms with Crippen molar-refractivity contribution in [1.82, 2.24) is 14.9 Å². The van der Waals surface area contributed by atoms with Gasteiger partial charge < -0.3 is 10.1 Å². The summed E-state index contributed by atoms with van der Waals surface area (Å²) in [5, 5.41) is 3.26. The van der Waals surface area contributed by atoms with Crippen molar-refractivity contribution in [2.45, 2.75) is 52.6 Å². The van der Waals surface area contributed by atoms with E-state index in [4.69, 9.17) is 4.74 Å². The molecule has 1 atom stereocenters. The van der Waals surface area contributed by atoms with Crippen LogP contribution in [0.2, 0.25) is 0 Å². The molecule has 0 bridgehead atoms. The Morgan fingerprint density at radius 1 is 1.38 bits per heavy atom. The summed E-state index contributed by atoms with van der Waals surface area (Å²) in [5.74, 6) is 0.161. The minimum absolute atomic E-state index is 0.0815. The van der Waals surface area contributed by atoms with Crippen molar-refractivity contribution in [1.29, 1.82) is 0 Å². The average Bonchev–Trinajstić information content (AvgIpc) is 3.18. The van der Waals surface area contributed by atoms with Crippen molar-refractivity contribution in [2.75, 3.05) is 7.11 Å². The molecule has 0 saturated heterocycles. The molecule has 0 fully saturated rings. The zero-order chi connectivity index (χ0) is 19.0. The van der Waals surface area contributed by atoms with Crippen LogP contribution in [0.25, 0.3) is 10.2 Å². The smallest absolute Gasteiger partial charge is 0.328 e. The normalized spacial score (nSPS) is 14.5. The van der Waals surface area contributed by atoms with Gasteiger partial charge in [0.2, 0.25) is 0 Å². The summed E-state index contributed by atoms with van der Waals surface area (Å²) in [6, 6.07) is -0.712. The molecule has 0 aliphatic carbocycles. The summed E-state index contributed by atoms with van der Waals surface area (Å²) >= 11 is 1.20. The Labute approximate surface area is 155 Å². The van der Waals surface area contributed by atoms with E-state index in [0.717, 1.165) is 18.7 Å². The molecule has 1 aliphatic rings. The Balaban J connectivity index is 1.96. The first-order valence-corrected chi connectivity index (χ1v) is 9.56. The fraction of sp³-hybridized carbons (Fsp3) is 0.556. The summed E-state index contributed by atoms with van der Waals surface area (Å²) in [7, 11) is 1.30. The molecule has 0 aromatic carbocycles. The van der Waals surface area contributed by atoms with Crippen molar-refractivity contribution in [2.24, 2.45) is 5.92 Å². The number of nitrogens with zero attached hydrogens (tertiary/aromatic N) is 2. The third-order valence-corrected chi connectivity index (χ3v) is 5.80. The molecule has 7 nitrogen and oxygen atoms in total. The molecular weight excluding hydrogens is 354 g/mol. The van der Waals surface area contributed by atoms with Crippen molar-refractivity contribution in [3.63, 3.8) is 0 Å². The molecule has 0 spiro atoms. The Kier molecular flexibility index (Phi) is 5.13. The Bertz CT molecular complexity index is 929. The molecule has 1 amide bonds. The lowest BCUT2D eigenvalue weighted by Gasteiger charge is -2.18. The van der Waals surface area contributed by atoms with E-state index in [0.29, 0.717) is 33.6 Å². The molecule has 0 unspecified atom stereocenters. The van der Waals surface area contributed by atoms with Crippen LogP contribution in [-0.4, -0.2) is 34.6 Å². The highest BCUT2D eigenvalue weighted by molar-refractivity contribution is 7.20. The minimum Gasteiger partial charge on any atom is -0.467 e. The zero-order valence-electron chi connectivity index (χ0n) is 15.4. The number of thiophene rings is 1. The highest BCUT2D eigenvalue weighted by Crippen LogP contribution is 2.28. The van der Waals surface area contributed by atoms with Gasteiger partial charge in [0.15, 0.2) is 0 Å². The van der Waals surface area contributed by atoms with Gasteiger partial charge in [-0.3, -0.25) is 14.2 Å². The summed E-state index contributed by atoms with van der Waals surface area (Å²) in [6.07, 6.45) is 2.18. The number of fused-ring (bicyclic) bond motifs is 2. The van der Waals surface area contributed by atoms with E-state index >= 15 is 0 Å². The molecule has 26 heavy (non-hydrogen) atoms. The molecular formula is C18H23N3O4S. The number of amides is 1. The first-order valence-electron chi connectivity index (χ1n) is 8.75. The monoisotopic (exact) mass is 377 g/mol. The quantitative estimate of drug-likeness (QED) is 0.805. The van der Waals surface area contributed by atoms with Gasteiger partial charge >= 0.3 is 5.97 Å². The van der Waals surface area contributed by atoms with E-state index in [2.05, 4.69) is 10.3 Å². The number of aromatic nitrogens is 2. The first-order chi connectivity index (χ1) is 12.3. The van der Waals surface area contributed by atoms with E-state index in [1.54, 1.807) is 11.5 Å². The SMILES string of the molecule is COC(=O)[C@@H](CC(C)C)NC(=O)c1sc2nc3n(c(=O)c2c1C)CCC3. The van der Waals surface area contributed by atoms with Crippen molar-refractivity contribution >= 4 is 33.4 Å². The Morgan fingerprint density at radius 3 is 2.77 bits per heavy atom. The first kappa shape index (κ1) is 18.6. The maximum atomic E-state index is 12.8. The van der Waals surface area contributed by atoms with Gasteiger partial charge in [0.1, 0.15) is 16.7 Å². The van der Waals surface area contributed by atoms with Gasteiger partial charge in [0.05, 0.1) is 17.4 Å². The summed E-state index contributed by atoms with van der Waals surface area (Å²) in [6.45, 7) is 6.37. The number of rotatable bonds is 5. The highest BCUT2D eigenvalue weighted by atomic mass is 32.1. The van der Waals surface area contributed by atoms with Crippen LogP contribution in [0, 0.1) is 12.8 Å². The molecule has 8 heteroatoms. The molecule has 140 valence electrons. The lowest BCUT2D eigenvalue weighted by atomic mass is 10.0. The van der Waals surface area contributed by atoms with Crippen molar-refractivity contribution in [3.8, 4) is 0 Å². The van der Waals surface area contributed by atoms with Gasteiger partial charge in [-0.25, -0.2) is 9.78 Å². The van der Waals surface area contributed by atoms with E-state index in [-0.39, 0.29) is 17.4 Å². The van der Waals surface area contributed by atoms with Crippen LogP contribution in [0.3, 0.4) is 0 Å². The second-order valence-corrected chi connectivity index (χ2v) is 8.00. The van der Waals surface area contributed by atoms with Gasteiger partial charge in [0.25, 0.3) is 11.5 Å². The van der Waals surface area contributed by atoms with E-state index in [1.807, 2.05) is 13.8 Å². The van der Waals surface area contributed by atoms with Gasteiger partial charge in [-0.05, 0) is 31.2 Å². The number of carbonyl (C=O) groups is 2. The van der Waals surface area contributed by atoms with Crippen molar-refractivity contribution < 1.29 is 14.3 Å². The van der Waals surface area contributed by atoms with Crippen LogP contribution in [0.15, 0.2) is 4.79 Å². The van der Waals surface area contributed by atoms with Crippen molar-refractivity contribution in [3.05, 3.63) is 26.6 Å². The van der Waals surface area contributed by atoms with E-state index in [9.17, 15) is 14.4 Å². The maximum absolute atomic E-state index is 12.8. The predicted octanol–water partition coefficient (Wildman–Crippen LogP) is 2.03. The largest absolute Gasteiger partial charge is 0.467 e. The van der Waals surface area contributed by atoms with Gasteiger partial charge in [-0.2, -0.15) is 0 Å². The van der Waals surface area contributed by atoms with Crippen LogP contribution < -0.4 is 10.9 Å². The second kappa shape index (κ2) is 7.19. The fourth-order valence-electron chi connectivity index (χ4n) is 3.34. The van der Waals surface area contributed by atoms with Crippen LogP contribution >= 0.6 is 11.3 Å². The Morgan fingerprint density at radius 2 is 2.12 bits per heavy atom. The lowest BCUT2D eigenvalue weighted by molar-refractivity contribution is -0.143. The molecule has 3 rings (SSSR count). The number of methoxy groups -OCH3 is 1. The molecule has 2 aromatic rings. The molecule has 1 N–H and O–H groups in total. The van der Waals surface area contributed by atoms with Crippen LogP contribution in [0.5, 0.6) is 0 Å². The van der Waals surface area contributed by atoms with Crippen LogP contribution in [-0.2, 0) is 22.5 Å². The highest BCUT2D eigenvalue weighted by Gasteiger charge is 2.27. The van der Waals surface area contributed by atoms with Crippen LogP contribution in [0.4, 0.5) is 0 Å². The number of nitrogens with one attached hydrogen (secondary N) is 1. The summed E-state index contributed by atoms with van der Waals surface area (Å²) in [5.41, 5.74) is 0.539. The maximum Gasteiger partial charge on any atom is 0.328 e. The lowest BCUT2D eigenvalue weighted by Crippen LogP contribution is -2.42. The predicted molar refractivity (Wildman–Crippen MR) is 99.7 cm³/mol.